The van der Waals surface area contributed by atoms with E-state index in [0.717, 1.165) is 6.26 Å². The molecule has 0 atom stereocenters. The van der Waals surface area contributed by atoms with E-state index in [9.17, 15) is 18.0 Å². The number of sulfone groups is 1. The van der Waals surface area contributed by atoms with Crippen LogP contribution in [-0.4, -0.2) is 30.1 Å². The molecule has 1 aromatic heterocycles. The van der Waals surface area contributed by atoms with Crippen LogP contribution in [0.2, 0.25) is 0 Å². The van der Waals surface area contributed by atoms with Gasteiger partial charge in [-0.3, -0.25) is 14.2 Å². The molecule has 1 N–H and O–H groups in total. The topological polar surface area (TPSA) is 98.1 Å². The summed E-state index contributed by atoms with van der Waals surface area (Å²) in [5, 5.41) is 3.01. The summed E-state index contributed by atoms with van der Waals surface area (Å²) in [6.45, 7) is -0.222. The Balaban J connectivity index is 1.82. The average molecular weight is 357 g/mol. The minimum atomic E-state index is -3.37. The largest absolute Gasteiger partial charge is 0.324 e. The molecule has 3 aromatic rings. The summed E-state index contributed by atoms with van der Waals surface area (Å²) in [7, 11) is -3.37. The van der Waals surface area contributed by atoms with Crippen molar-refractivity contribution in [2.24, 2.45) is 0 Å². The molecule has 8 heteroatoms. The minimum Gasteiger partial charge on any atom is -0.324 e. The smallest absolute Gasteiger partial charge is 0.261 e. The van der Waals surface area contributed by atoms with Crippen LogP contribution >= 0.6 is 0 Å². The van der Waals surface area contributed by atoms with Gasteiger partial charge in [-0.1, -0.05) is 18.2 Å². The Morgan fingerprint density at radius 1 is 1.16 bits per heavy atom. The second kappa shape index (κ2) is 6.48. The molecule has 1 amide bonds. The molecular formula is C17H15N3O4S. The Hall–Kier alpha value is -3.00. The maximum Gasteiger partial charge on any atom is 0.261 e. The summed E-state index contributed by atoms with van der Waals surface area (Å²) >= 11 is 0. The number of nitrogens with one attached hydrogen (secondary N) is 1. The Morgan fingerprint density at radius 2 is 1.92 bits per heavy atom. The summed E-state index contributed by atoms with van der Waals surface area (Å²) in [4.78, 5) is 28.8. The highest BCUT2D eigenvalue weighted by Gasteiger charge is 2.11. The lowest BCUT2D eigenvalue weighted by Crippen LogP contribution is -2.27. The molecule has 0 fully saturated rings. The molecule has 128 valence electrons. The first-order valence-electron chi connectivity index (χ1n) is 7.39. The fraction of sp³-hybridized carbons (Fsp3) is 0.118. The van der Waals surface area contributed by atoms with E-state index in [1.54, 1.807) is 30.3 Å². The maximum atomic E-state index is 12.4. The standard InChI is InChI=1S/C17H15N3O4S/c1-25(23,24)13-6-4-5-12(9-13)19-16(21)10-20-11-18-15-8-3-2-7-14(15)17(20)22/h2-9,11H,10H2,1H3,(H,19,21). The van der Waals surface area contributed by atoms with Gasteiger partial charge in [0.15, 0.2) is 9.84 Å². The van der Waals surface area contributed by atoms with Crippen LogP contribution in [-0.2, 0) is 21.2 Å². The molecule has 0 aliphatic carbocycles. The number of rotatable bonds is 4. The highest BCUT2D eigenvalue weighted by Crippen LogP contribution is 2.15. The predicted molar refractivity (Wildman–Crippen MR) is 94.2 cm³/mol. The molecule has 25 heavy (non-hydrogen) atoms. The van der Waals surface area contributed by atoms with E-state index in [1.807, 2.05) is 0 Å². The quantitative estimate of drug-likeness (QED) is 0.762. The number of nitrogens with zero attached hydrogens (tertiary/aromatic N) is 2. The SMILES string of the molecule is CS(=O)(=O)c1cccc(NC(=O)Cn2cnc3ccccc3c2=O)c1. The lowest BCUT2D eigenvalue weighted by Gasteiger charge is -2.09. The number of benzene rings is 2. The van der Waals surface area contributed by atoms with Crippen molar-refractivity contribution >= 4 is 32.3 Å². The van der Waals surface area contributed by atoms with Crippen molar-refractivity contribution in [1.82, 2.24) is 9.55 Å². The van der Waals surface area contributed by atoms with Gasteiger partial charge in [-0.2, -0.15) is 0 Å². The van der Waals surface area contributed by atoms with Gasteiger partial charge in [0.2, 0.25) is 5.91 Å². The molecule has 1 heterocycles. The van der Waals surface area contributed by atoms with Crippen molar-refractivity contribution in [3.05, 3.63) is 65.2 Å². The number of carbonyl (C=O) groups is 1. The molecule has 0 saturated heterocycles. The molecule has 2 aromatic carbocycles. The van der Waals surface area contributed by atoms with Crippen molar-refractivity contribution < 1.29 is 13.2 Å². The number of anilines is 1. The monoisotopic (exact) mass is 357 g/mol. The zero-order chi connectivity index (χ0) is 18.0. The number of para-hydroxylation sites is 1. The van der Waals surface area contributed by atoms with Gasteiger partial charge in [-0.15, -0.1) is 0 Å². The van der Waals surface area contributed by atoms with Crippen molar-refractivity contribution in [1.29, 1.82) is 0 Å². The summed E-state index contributed by atoms with van der Waals surface area (Å²) in [6, 6.07) is 12.8. The first-order chi connectivity index (χ1) is 11.8. The van der Waals surface area contributed by atoms with Crippen molar-refractivity contribution in [3.8, 4) is 0 Å². The zero-order valence-electron chi connectivity index (χ0n) is 13.3. The van der Waals surface area contributed by atoms with E-state index in [0.29, 0.717) is 16.6 Å². The third-order valence-electron chi connectivity index (χ3n) is 3.59. The van der Waals surface area contributed by atoms with E-state index in [1.165, 1.54) is 29.1 Å². The fourth-order valence-electron chi connectivity index (χ4n) is 2.38. The maximum absolute atomic E-state index is 12.4. The second-order valence-electron chi connectivity index (χ2n) is 5.54. The van der Waals surface area contributed by atoms with E-state index >= 15 is 0 Å². The minimum absolute atomic E-state index is 0.106. The van der Waals surface area contributed by atoms with Crippen LogP contribution in [0, 0.1) is 0 Å². The summed E-state index contributed by atoms with van der Waals surface area (Å²) in [5.74, 6) is -0.454. The Labute approximate surface area is 143 Å². The number of hydrogen-bond acceptors (Lipinski definition) is 5. The van der Waals surface area contributed by atoms with E-state index in [4.69, 9.17) is 0 Å². The Morgan fingerprint density at radius 3 is 2.68 bits per heavy atom. The van der Waals surface area contributed by atoms with E-state index in [-0.39, 0.29) is 17.0 Å². The molecular weight excluding hydrogens is 342 g/mol. The first kappa shape index (κ1) is 16.8. The average Bonchev–Trinajstić information content (AvgIpc) is 2.57. The van der Waals surface area contributed by atoms with Crippen LogP contribution in [0.5, 0.6) is 0 Å². The molecule has 0 radical (unpaired) electrons. The van der Waals surface area contributed by atoms with Crippen LogP contribution < -0.4 is 10.9 Å². The molecule has 0 unspecified atom stereocenters. The fourth-order valence-corrected chi connectivity index (χ4v) is 3.05. The van der Waals surface area contributed by atoms with Crippen LogP contribution in [0.15, 0.2) is 64.5 Å². The highest BCUT2D eigenvalue weighted by atomic mass is 32.2. The molecule has 7 nitrogen and oxygen atoms in total. The van der Waals surface area contributed by atoms with Crippen LogP contribution in [0.1, 0.15) is 0 Å². The Kier molecular flexibility index (Phi) is 4.37. The molecule has 0 aliphatic rings. The number of aromatic nitrogens is 2. The third-order valence-corrected chi connectivity index (χ3v) is 4.70. The lowest BCUT2D eigenvalue weighted by atomic mass is 10.2. The first-order valence-corrected chi connectivity index (χ1v) is 9.28. The third kappa shape index (κ3) is 3.74. The van der Waals surface area contributed by atoms with Gasteiger partial charge < -0.3 is 5.32 Å². The van der Waals surface area contributed by atoms with Gasteiger partial charge in [0.25, 0.3) is 5.56 Å². The normalized spacial score (nSPS) is 11.4. The molecule has 0 aliphatic heterocycles. The molecule has 3 rings (SSSR count). The van der Waals surface area contributed by atoms with E-state index in [2.05, 4.69) is 10.3 Å². The van der Waals surface area contributed by atoms with Crippen molar-refractivity contribution in [2.45, 2.75) is 11.4 Å². The predicted octanol–water partition coefficient (Wildman–Crippen LogP) is 1.44. The highest BCUT2D eigenvalue weighted by molar-refractivity contribution is 7.90. The van der Waals surface area contributed by atoms with E-state index < -0.39 is 15.7 Å². The molecule has 0 saturated carbocycles. The van der Waals surface area contributed by atoms with Gasteiger partial charge in [0.05, 0.1) is 22.1 Å². The zero-order valence-corrected chi connectivity index (χ0v) is 14.2. The Bertz CT molecular complexity index is 1120. The van der Waals surface area contributed by atoms with Gasteiger partial charge in [0.1, 0.15) is 6.54 Å². The second-order valence-corrected chi connectivity index (χ2v) is 7.56. The van der Waals surface area contributed by atoms with Crippen LogP contribution in [0.25, 0.3) is 10.9 Å². The molecule has 0 bridgehead atoms. The number of carbonyl (C=O) groups excluding carboxylic acids is 1. The van der Waals surface area contributed by atoms with Gasteiger partial charge >= 0.3 is 0 Å². The lowest BCUT2D eigenvalue weighted by molar-refractivity contribution is -0.116. The van der Waals surface area contributed by atoms with Crippen LogP contribution in [0.4, 0.5) is 5.69 Å². The number of amides is 1. The number of fused-ring (bicyclic) bond motifs is 1. The van der Waals surface area contributed by atoms with Crippen molar-refractivity contribution in [2.75, 3.05) is 11.6 Å². The van der Waals surface area contributed by atoms with Crippen LogP contribution in [0.3, 0.4) is 0 Å². The van der Waals surface area contributed by atoms with Crippen molar-refractivity contribution in [3.63, 3.8) is 0 Å². The summed E-state index contributed by atoms with van der Waals surface area (Å²) < 4.78 is 24.3. The number of hydrogen-bond donors (Lipinski definition) is 1. The molecule has 0 spiro atoms. The summed E-state index contributed by atoms with van der Waals surface area (Å²) in [5.41, 5.74) is 0.588. The van der Waals surface area contributed by atoms with Gasteiger partial charge in [0, 0.05) is 11.9 Å². The van der Waals surface area contributed by atoms with Gasteiger partial charge in [-0.05, 0) is 30.3 Å². The van der Waals surface area contributed by atoms with Gasteiger partial charge in [-0.25, -0.2) is 13.4 Å². The summed E-state index contributed by atoms with van der Waals surface area (Å²) in [6.07, 6.45) is 2.41.